The second-order valence-electron chi connectivity index (χ2n) is 27.3. The van der Waals surface area contributed by atoms with Gasteiger partial charge in [0.25, 0.3) is 0 Å². The lowest BCUT2D eigenvalue weighted by molar-refractivity contribution is 0.332. The normalized spacial score (nSPS) is 21.4. The van der Waals surface area contributed by atoms with Gasteiger partial charge in [0.05, 0.1) is 5.69 Å². The fourth-order valence-corrected chi connectivity index (χ4v) is 15.0. The minimum absolute atomic E-state index is 0.0353. The highest BCUT2D eigenvalue weighted by atomic mass is 15.2. The number of nitrogens with zero attached hydrogens (tertiary/aromatic N) is 2. The third kappa shape index (κ3) is 5.87. The van der Waals surface area contributed by atoms with Gasteiger partial charge >= 0.3 is 6.85 Å². The van der Waals surface area contributed by atoms with Crippen LogP contribution in [0.4, 0.5) is 28.4 Å². The van der Waals surface area contributed by atoms with E-state index in [0.29, 0.717) is 0 Å². The average Bonchev–Trinajstić information content (AvgIpc) is 3.56. The smallest absolute Gasteiger partial charge is 0.333 e. The van der Waals surface area contributed by atoms with Gasteiger partial charge in [-0.2, -0.15) is 0 Å². The molecule has 0 unspecified atom stereocenters. The van der Waals surface area contributed by atoms with Crippen molar-refractivity contribution in [3.8, 4) is 22.3 Å². The molecule has 4 aliphatic carbocycles. The molecule has 0 amide bonds. The van der Waals surface area contributed by atoms with E-state index in [1.807, 2.05) is 0 Å². The van der Waals surface area contributed by atoms with Crippen LogP contribution in [0.1, 0.15) is 180 Å². The van der Waals surface area contributed by atoms with Gasteiger partial charge in [-0.25, -0.2) is 0 Å². The number of benzene rings is 7. The fraction of sp³-hybridized carbons (Fsp3) is 0.403. The van der Waals surface area contributed by atoms with Crippen LogP contribution in [0.15, 0.2) is 115 Å². The van der Waals surface area contributed by atoms with Gasteiger partial charge in [-0.3, -0.25) is 0 Å². The molecule has 7 aromatic carbocycles. The number of hydrogen-bond donors (Lipinski definition) is 0. The van der Waals surface area contributed by atoms with E-state index in [1.165, 1.54) is 155 Å². The molecular weight excluding hydrogens is 844 g/mol. The van der Waals surface area contributed by atoms with Crippen LogP contribution in [-0.2, 0) is 37.9 Å². The van der Waals surface area contributed by atoms with Crippen molar-refractivity contribution in [2.75, 3.05) is 9.71 Å². The first-order valence-electron chi connectivity index (χ1n) is 26.8. The minimum Gasteiger partial charge on any atom is -0.376 e. The van der Waals surface area contributed by atoms with E-state index >= 15 is 0 Å². The van der Waals surface area contributed by atoms with Gasteiger partial charge in [0.1, 0.15) is 0 Å². The molecule has 0 saturated carbocycles. The van der Waals surface area contributed by atoms with Crippen LogP contribution < -0.4 is 20.6 Å². The van der Waals surface area contributed by atoms with Crippen molar-refractivity contribution in [3.63, 3.8) is 0 Å². The van der Waals surface area contributed by atoms with Crippen molar-refractivity contribution in [1.82, 2.24) is 0 Å². The zero-order valence-corrected chi connectivity index (χ0v) is 44.7. The minimum atomic E-state index is -0.138. The van der Waals surface area contributed by atoms with Crippen molar-refractivity contribution in [3.05, 3.63) is 160 Å². The third-order valence-electron chi connectivity index (χ3n) is 19.8. The van der Waals surface area contributed by atoms with Crippen LogP contribution in [0, 0.1) is 0 Å². The molecule has 13 rings (SSSR count). The summed E-state index contributed by atoms with van der Waals surface area (Å²) >= 11 is 0. The molecule has 3 heteroatoms. The zero-order chi connectivity index (χ0) is 49.0. The van der Waals surface area contributed by atoms with Gasteiger partial charge in [0.2, 0.25) is 0 Å². The lowest BCUT2D eigenvalue weighted by Gasteiger charge is -2.50. The largest absolute Gasteiger partial charge is 0.376 e. The van der Waals surface area contributed by atoms with Crippen molar-refractivity contribution < 1.29 is 0 Å². The monoisotopic (exact) mass is 917 g/mol. The van der Waals surface area contributed by atoms with Crippen LogP contribution >= 0.6 is 0 Å². The maximum Gasteiger partial charge on any atom is 0.333 e. The first-order chi connectivity index (χ1) is 32.9. The molecule has 354 valence electrons. The van der Waals surface area contributed by atoms with Gasteiger partial charge in [0.15, 0.2) is 0 Å². The van der Waals surface area contributed by atoms with Gasteiger partial charge < -0.3 is 9.71 Å². The molecule has 7 aromatic rings. The highest BCUT2D eigenvalue weighted by Gasteiger charge is 2.51. The molecule has 70 heavy (non-hydrogen) atoms. The molecular formula is C67H73BN2. The standard InChI is InChI=1S/C67H73BN2/c1-61(2)29-31-63(5,6)50-36-41(23-25-47(50)61)69-56-39-53-52(65(9,10)33-34-66(53,11)12)38-54(56)68-59-45(35-40-19-15-16-20-43(40)60(59)69)58-55(28-27-49-57(58)44-21-17-18-22-46(44)67(49,13)14)70(68)42-24-26-48-51(37-42)64(7,8)32-30-62(48,3)4/h15-28,35-39H,29-34H2,1-14H3. The summed E-state index contributed by atoms with van der Waals surface area (Å²) in [5, 5.41) is 2.61. The second kappa shape index (κ2) is 13.9. The molecule has 0 spiro atoms. The zero-order valence-electron chi connectivity index (χ0n) is 44.7. The number of fused-ring (bicyclic) bond motifs is 13. The Bertz CT molecular complexity index is 3440. The maximum absolute atomic E-state index is 2.84. The predicted octanol–water partition coefficient (Wildman–Crippen LogP) is 16.9. The van der Waals surface area contributed by atoms with Gasteiger partial charge in [-0.1, -0.05) is 170 Å². The van der Waals surface area contributed by atoms with Crippen molar-refractivity contribution in [1.29, 1.82) is 0 Å². The highest BCUT2D eigenvalue weighted by molar-refractivity contribution is 6.94. The summed E-state index contributed by atoms with van der Waals surface area (Å²) in [4.78, 5) is 5.61. The number of rotatable bonds is 2. The Morgan fingerprint density at radius 3 is 1.51 bits per heavy atom. The summed E-state index contributed by atoms with van der Waals surface area (Å²) in [6.45, 7) is 34.7. The van der Waals surface area contributed by atoms with E-state index in [-0.39, 0.29) is 44.8 Å². The first kappa shape index (κ1) is 44.4. The fourth-order valence-electron chi connectivity index (χ4n) is 15.0. The van der Waals surface area contributed by atoms with E-state index in [0.717, 1.165) is 0 Å². The van der Waals surface area contributed by atoms with Crippen molar-refractivity contribution in [2.45, 2.75) is 173 Å². The van der Waals surface area contributed by atoms with Crippen LogP contribution in [0.3, 0.4) is 0 Å². The third-order valence-corrected chi connectivity index (χ3v) is 19.8. The summed E-state index contributed by atoms with van der Waals surface area (Å²) in [7, 11) is 0. The van der Waals surface area contributed by atoms with E-state index in [4.69, 9.17) is 0 Å². The van der Waals surface area contributed by atoms with Crippen LogP contribution in [-0.4, -0.2) is 6.85 Å². The quantitative estimate of drug-likeness (QED) is 0.159. The Balaban J connectivity index is 1.21. The Labute approximate surface area is 420 Å². The topological polar surface area (TPSA) is 6.48 Å². The van der Waals surface area contributed by atoms with Crippen molar-refractivity contribution in [2.24, 2.45) is 0 Å². The first-order valence-corrected chi connectivity index (χ1v) is 26.8. The van der Waals surface area contributed by atoms with Crippen LogP contribution in [0.25, 0.3) is 33.0 Å². The lowest BCUT2D eigenvalue weighted by Crippen LogP contribution is -2.62. The van der Waals surface area contributed by atoms with Crippen LogP contribution in [0.2, 0.25) is 0 Å². The Kier molecular flexibility index (Phi) is 8.82. The predicted molar refractivity (Wildman–Crippen MR) is 301 cm³/mol. The van der Waals surface area contributed by atoms with Gasteiger partial charge in [-0.15, -0.1) is 0 Å². The number of anilines is 5. The van der Waals surface area contributed by atoms with E-state index in [9.17, 15) is 0 Å². The highest BCUT2D eigenvalue weighted by Crippen LogP contribution is 2.60. The molecule has 2 nitrogen and oxygen atoms in total. The average molecular weight is 917 g/mol. The summed E-state index contributed by atoms with van der Waals surface area (Å²) in [5.74, 6) is 0. The Morgan fingerprint density at radius 1 is 0.386 bits per heavy atom. The molecule has 0 fully saturated rings. The van der Waals surface area contributed by atoms with E-state index < -0.39 is 0 Å². The molecule has 0 radical (unpaired) electrons. The van der Waals surface area contributed by atoms with Crippen LogP contribution in [0.5, 0.6) is 0 Å². The number of hydrogen-bond acceptors (Lipinski definition) is 2. The molecule has 0 atom stereocenters. The Morgan fingerprint density at radius 2 is 0.886 bits per heavy atom. The molecule has 0 aromatic heterocycles. The Hall–Kier alpha value is -5.54. The second-order valence-corrected chi connectivity index (χ2v) is 27.3. The lowest BCUT2D eigenvalue weighted by atomic mass is 9.42. The summed E-state index contributed by atoms with van der Waals surface area (Å²) in [6, 6.07) is 47.0. The summed E-state index contributed by atoms with van der Waals surface area (Å²) < 4.78 is 0. The van der Waals surface area contributed by atoms with E-state index in [1.54, 1.807) is 0 Å². The molecule has 2 aliphatic heterocycles. The summed E-state index contributed by atoms with van der Waals surface area (Å²) in [6.07, 6.45) is 7.10. The van der Waals surface area contributed by atoms with Gasteiger partial charge in [0, 0.05) is 39.1 Å². The maximum atomic E-state index is 2.84. The molecule has 0 saturated heterocycles. The van der Waals surface area contributed by atoms with Gasteiger partial charge in [-0.05, 0) is 191 Å². The molecule has 0 bridgehead atoms. The van der Waals surface area contributed by atoms with Crippen molar-refractivity contribution >= 4 is 57.0 Å². The summed E-state index contributed by atoms with van der Waals surface area (Å²) in [5.41, 5.74) is 27.1. The molecule has 6 aliphatic rings. The SMILES string of the molecule is CC1(C)CCC(C)(C)c2cc(N3B4c5cc6c(cc5N(c5ccc7c(c5)C(C)(C)CCC7(C)C)c5c4c(cc4ccccc54)-c4c3ccc3c4-c4ccccc4C3(C)C)C(C)(C)CCC6(C)C)ccc21. The molecule has 0 N–H and O–H groups in total. The molecule has 2 heterocycles. The van der Waals surface area contributed by atoms with E-state index in [2.05, 4.69) is 222 Å².